The highest BCUT2D eigenvalue weighted by Crippen LogP contribution is 2.28. The number of rotatable bonds is 6. The van der Waals surface area contributed by atoms with Crippen molar-refractivity contribution in [2.75, 3.05) is 19.6 Å². The summed E-state index contributed by atoms with van der Waals surface area (Å²) in [6.45, 7) is 4.03. The van der Waals surface area contributed by atoms with Crippen molar-refractivity contribution in [3.63, 3.8) is 0 Å². The van der Waals surface area contributed by atoms with Crippen LogP contribution in [-0.2, 0) is 4.79 Å². The summed E-state index contributed by atoms with van der Waals surface area (Å²) in [4.78, 5) is 16.0. The molecular formula is C15H29IN4O2. The van der Waals surface area contributed by atoms with Crippen LogP contribution in [0.25, 0.3) is 0 Å². The normalized spacial score (nSPS) is 25.1. The molecule has 0 saturated heterocycles. The summed E-state index contributed by atoms with van der Waals surface area (Å²) in [6, 6.07) is 0.382. The number of nitrogens with one attached hydrogen (secondary N) is 3. The lowest BCUT2D eigenvalue weighted by atomic mass is 9.93. The van der Waals surface area contributed by atoms with E-state index in [2.05, 4.69) is 20.9 Å². The fourth-order valence-corrected chi connectivity index (χ4v) is 2.57. The van der Waals surface area contributed by atoms with Gasteiger partial charge < -0.3 is 21.1 Å². The van der Waals surface area contributed by atoms with Gasteiger partial charge in [-0.05, 0) is 45.4 Å². The molecule has 0 unspecified atom stereocenters. The molecule has 0 spiro atoms. The van der Waals surface area contributed by atoms with Crippen LogP contribution in [0.3, 0.4) is 0 Å². The van der Waals surface area contributed by atoms with Gasteiger partial charge in [-0.25, -0.2) is 0 Å². The van der Waals surface area contributed by atoms with Gasteiger partial charge in [-0.3, -0.25) is 9.79 Å². The molecule has 1 amide bonds. The average Bonchev–Trinajstić information content (AvgIpc) is 3.30. The van der Waals surface area contributed by atoms with Crippen LogP contribution in [0.2, 0.25) is 0 Å². The first-order valence-electron chi connectivity index (χ1n) is 8.19. The van der Waals surface area contributed by atoms with E-state index < -0.39 is 0 Å². The summed E-state index contributed by atoms with van der Waals surface area (Å²) in [5.74, 6) is 1.23. The first kappa shape index (κ1) is 19.5. The number of hydrogen-bond acceptors (Lipinski definition) is 3. The molecule has 0 aromatic carbocycles. The number of carbonyl (C=O) groups excluding carboxylic acids is 1. The number of hydrogen-bond donors (Lipinski definition) is 4. The zero-order chi connectivity index (χ0) is 15.1. The van der Waals surface area contributed by atoms with Crippen LogP contribution in [0.5, 0.6) is 0 Å². The molecule has 0 bridgehead atoms. The molecule has 2 saturated carbocycles. The second-order valence-electron chi connectivity index (χ2n) is 5.98. The average molecular weight is 424 g/mol. The first-order chi connectivity index (χ1) is 10.2. The number of nitrogens with zero attached hydrogens (tertiary/aromatic N) is 1. The quantitative estimate of drug-likeness (QED) is 0.222. The minimum atomic E-state index is -0.139. The Balaban J connectivity index is 0.00000242. The molecule has 0 radical (unpaired) electrons. The smallest absolute Gasteiger partial charge is 0.223 e. The number of aliphatic hydroxyl groups is 1. The Labute approximate surface area is 149 Å². The van der Waals surface area contributed by atoms with E-state index in [1.807, 2.05) is 6.92 Å². The minimum Gasteiger partial charge on any atom is -0.393 e. The number of amides is 1. The third-order valence-corrected chi connectivity index (χ3v) is 4.01. The monoisotopic (exact) mass is 424 g/mol. The predicted molar refractivity (Wildman–Crippen MR) is 98.5 cm³/mol. The van der Waals surface area contributed by atoms with E-state index >= 15 is 0 Å². The fraction of sp³-hybridized carbons (Fsp3) is 0.867. The second-order valence-corrected chi connectivity index (χ2v) is 5.98. The van der Waals surface area contributed by atoms with E-state index in [4.69, 9.17) is 0 Å². The number of aliphatic imine (C=N–C) groups is 1. The summed E-state index contributed by atoms with van der Waals surface area (Å²) in [7, 11) is 0. The maximum Gasteiger partial charge on any atom is 0.223 e. The van der Waals surface area contributed by atoms with Gasteiger partial charge in [-0.1, -0.05) is 0 Å². The predicted octanol–water partition coefficient (Wildman–Crippen LogP) is 0.989. The van der Waals surface area contributed by atoms with Crippen molar-refractivity contribution in [2.24, 2.45) is 10.9 Å². The van der Waals surface area contributed by atoms with Crippen molar-refractivity contribution in [1.82, 2.24) is 16.0 Å². The van der Waals surface area contributed by atoms with Gasteiger partial charge in [0.05, 0.1) is 12.6 Å². The molecule has 0 aliphatic heterocycles. The Morgan fingerprint density at radius 1 is 1.14 bits per heavy atom. The third-order valence-electron chi connectivity index (χ3n) is 4.01. The Hall–Kier alpha value is -0.570. The molecule has 2 rings (SSSR count). The second kappa shape index (κ2) is 10.3. The molecule has 6 nitrogen and oxygen atoms in total. The standard InChI is InChI=1S/C15H28N4O2.HI/c1-2-16-15(19-12-5-7-13(20)8-6-12)18-10-9-17-14(21)11-3-4-11;/h11-13,20H,2-10H2,1H3,(H,17,21)(H2,16,18,19);1H. The maximum atomic E-state index is 11.5. The molecule has 0 atom stereocenters. The molecule has 7 heteroatoms. The molecular weight excluding hydrogens is 395 g/mol. The van der Waals surface area contributed by atoms with Crippen LogP contribution in [0, 0.1) is 5.92 Å². The molecule has 2 aliphatic carbocycles. The topological polar surface area (TPSA) is 85.8 Å². The van der Waals surface area contributed by atoms with Gasteiger partial charge in [0, 0.05) is 25.0 Å². The highest BCUT2D eigenvalue weighted by molar-refractivity contribution is 14.0. The van der Waals surface area contributed by atoms with Gasteiger partial charge in [0.1, 0.15) is 0 Å². The number of carbonyl (C=O) groups is 1. The van der Waals surface area contributed by atoms with E-state index in [0.717, 1.165) is 51.0 Å². The van der Waals surface area contributed by atoms with Gasteiger partial charge in [-0.15, -0.1) is 24.0 Å². The highest BCUT2D eigenvalue weighted by atomic mass is 127. The lowest BCUT2D eigenvalue weighted by Crippen LogP contribution is -2.45. The van der Waals surface area contributed by atoms with Crippen molar-refractivity contribution < 1.29 is 9.90 Å². The lowest BCUT2D eigenvalue weighted by Gasteiger charge is -2.27. The van der Waals surface area contributed by atoms with E-state index in [-0.39, 0.29) is 41.9 Å². The van der Waals surface area contributed by atoms with Crippen molar-refractivity contribution in [3.8, 4) is 0 Å². The van der Waals surface area contributed by atoms with Gasteiger partial charge in [0.2, 0.25) is 5.91 Å². The van der Waals surface area contributed by atoms with Crippen molar-refractivity contribution >= 4 is 35.8 Å². The molecule has 0 heterocycles. The summed E-state index contributed by atoms with van der Waals surface area (Å²) in [5, 5.41) is 19.1. The lowest BCUT2D eigenvalue weighted by molar-refractivity contribution is -0.122. The molecule has 2 fully saturated rings. The zero-order valence-corrected chi connectivity index (χ0v) is 15.6. The van der Waals surface area contributed by atoms with E-state index in [9.17, 15) is 9.90 Å². The van der Waals surface area contributed by atoms with E-state index in [1.165, 1.54) is 0 Å². The fourth-order valence-electron chi connectivity index (χ4n) is 2.57. The first-order valence-corrected chi connectivity index (χ1v) is 8.19. The zero-order valence-electron chi connectivity index (χ0n) is 13.3. The van der Waals surface area contributed by atoms with Crippen LogP contribution in [0.1, 0.15) is 45.4 Å². The number of halogens is 1. The third kappa shape index (κ3) is 7.13. The summed E-state index contributed by atoms with van der Waals surface area (Å²) < 4.78 is 0. The molecule has 2 aliphatic rings. The van der Waals surface area contributed by atoms with Crippen LogP contribution >= 0.6 is 24.0 Å². The van der Waals surface area contributed by atoms with Crippen LogP contribution in [0.15, 0.2) is 4.99 Å². The molecule has 128 valence electrons. The number of guanidine groups is 1. The summed E-state index contributed by atoms with van der Waals surface area (Å²) >= 11 is 0. The van der Waals surface area contributed by atoms with Crippen LogP contribution in [0.4, 0.5) is 0 Å². The summed E-state index contributed by atoms with van der Waals surface area (Å²) in [6.07, 6.45) is 5.59. The van der Waals surface area contributed by atoms with Crippen LogP contribution in [-0.4, -0.2) is 48.8 Å². The molecule has 0 aromatic heterocycles. The van der Waals surface area contributed by atoms with Crippen molar-refractivity contribution in [1.29, 1.82) is 0 Å². The van der Waals surface area contributed by atoms with Gasteiger partial charge in [0.15, 0.2) is 5.96 Å². The largest absolute Gasteiger partial charge is 0.393 e. The molecule has 22 heavy (non-hydrogen) atoms. The van der Waals surface area contributed by atoms with Gasteiger partial charge in [0.25, 0.3) is 0 Å². The van der Waals surface area contributed by atoms with Gasteiger partial charge in [-0.2, -0.15) is 0 Å². The Kier molecular flexibility index (Phi) is 9.08. The maximum absolute atomic E-state index is 11.5. The Morgan fingerprint density at radius 3 is 2.41 bits per heavy atom. The minimum absolute atomic E-state index is 0. The number of aliphatic hydroxyl groups excluding tert-OH is 1. The van der Waals surface area contributed by atoms with E-state index in [1.54, 1.807) is 0 Å². The molecule has 0 aromatic rings. The summed E-state index contributed by atoms with van der Waals surface area (Å²) in [5.41, 5.74) is 0. The van der Waals surface area contributed by atoms with Gasteiger partial charge >= 0.3 is 0 Å². The highest BCUT2D eigenvalue weighted by Gasteiger charge is 2.29. The Bertz CT molecular complexity index is 367. The van der Waals surface area contributed by atoms with E-state index in [0.29, 0.717) is 19.1 Å². The van der Waals surface area contributed by atoms with Crippen molar-refractivity contribution in [3.05, 3.63) is 0 Å². The SMILES string of the molecule is CCNC(=NCCNC(=O)C1CC1)NC1CCC(O)CC1.I. The molecule has 4 N–H and O–H groups in total. The Morgan fingerprint density at radius 2 is 1.82 bits per heavy atom. The van der Waals surface area contributed by atoms with Crippen LogP contribution < -0.4 is 16.0 Å². The van der Waals surface area contributed by atoms with Crippen molar-refractivity contribution in [2.45, 2.75) is 57.6 Å².